The first-order chi connectivity index (χ1) is 22.5. The average Bonchev–Trinajstić information content (AvgIpc) is 3.32. The topological polar surface area (TPSA) is 35.9 Å². The van der Waals surface area contributed by atoms with Gasteiger partial charge in [0.1, 0.15) is 5.75 Å². The minimum Gasteiger partial charge on any atom is -0.493 e. The summed E-state index contributed by atoms with van der Waals surface area (Å²) < 4.78 is 7.12. The molecule has 3 saturated heterocycles. The molecular formula is C40H64N3O2S+. The number of rotatable bonds is 12. The van der Waals surface area contributed by atoms with Crippen LogP contribution in [-0.2, 0) is 6.42 Å². The lowest BCUT2D eigenvalue weighted by molar-refractivity contribution is -0.941. The number of benzene rings is 2. The minimum absolute atomic E-state index is 0.577. The van der Waals surface area contributed by atoms with E-state index in [2.05, 4.69) is 93.4 Å². The van der Waals surface area contributed by atoms with E-state index in [1.807, 2.05) is 30.3 Å². The smallest absolute Gasteiger partial charge is 0.119 e. The number of aliphatic hydroxyl groups is 1. The quantitative estimate of drug-likeness (QED) is 0.144. The molecule has 0 amide bonds. The normalized spacial score (nSPS) is 20.2. The van der Waals surface area contributed by atoms with Crippen LogP contribution in [0.2, 0.25) is 0 Å². The molecule has 6 rings (SSSR count). The molecule has 4 aliphatic heterocycles. The van der Waals surface area contributed by atoms with Gasteiger partial charge in [-0.1, -0.05) is 57.7 Å². The Morgan fingerprint density at radius 2 is 1.46 bits per heavy atom. The lowest BCUT2D eigenvalue weighted by Gasteiger charge is -2.50. The van der Waals surface area contributed by atoms with Gasteiger partial charge in [-0.05, 0) is 67.0 Å². The molecule has 1 N–H and O–H groups in total. The summed E-state index contributed by atoms with van der Waals surface area (Å²) in [5.74, 6) is 2.32. The van der Waals surface area contributed by atoms with Gasteiger partial charge in [-0.3, -0.25) is 4.90 Å². The molecule has 3 fully saturated rings. The molecule has 6 heteroatoms. The molecule has 2 bridgehead atoms. The highest BCUT2D eigenvalue weighted by molar-refractivity contribution is 7.99. The zero-order valence-electron chi connectivity index (χ0n) is 29.8. The monoisotopic (exact) mass is 650 g/mol. The molecule has 0 aromatic heterocycles. The molecule has 0 unspecified atom stereocenters. The number of anilines is 1. The fourth-order valence-electron chi connectivity index (χ4n) is 6.68. The zero-order valence-corrected chi connectivity index (χ0v) is 30.6. The molecule has 2 aromatic carbocycles. The number of aliphatic hydroxyl groups excluding tert-OH is 1. The Kier molecular flexibility index (Phi) is 21.3. The van der Waals surface area contributed by atoms with Gasteiger partial charge in [-0.15, -0.1) is 37.5 Å². The fourth-order valence-corrected chi connectivity index (χ4v) is 8.08. The van der Waals surface area contributed by atoms with Crippen molar-refractivity contribution >= 4 is 17.4 Å². The second-order valence-electron chi connectivity index (χ2n) is 12.8. The molecule has 2 aromatic rings. The molecule has 4 aliphatic rings. The highest BCUT2D eigenvalue weighted by atomic mass is 32.2. The Labute approximate surface area is 287 Å². The van der Waals surface area contributed by atoms with Crippen LogP contribution in [0.1, 0.15) is 70.8 Å². The maximum atomic E-state index is 7.00. The van der Waals surface area contributed by atoms with Crippen molar-refractivity contribution in [3.05, 3.63) is 54.1 Å². The number of terminal acetylenes is 2. The number of unbranched alkanes of at least 4 members (excludes halogenated alkanes) is 2. The van der Waals surface area contributed by atoms with Crippen molar-refractivity contribution < 1.29 is 14.3 Å². The molecular weight excluding hydrogens is 587 g/mol. The summed E-state index contributed by atoms with van der Waals surface area (Å²) in [7, 11) is 5.27. The first-order valence-corrected chi connectivity index (χ1v) is 18.2. The fraction of sp³-hybridized carbons (Fsp3) is 0.600. The molecule has 0 atom stereocenters. The zero-order chi connectivity index (χ0) is 34.3. The molecule has 4 heterocycles. The Hall–Kier alpha value is -2.61. The second-order valence-corrected chi connectivity index (χ2v) is 13.8. The third-order valence-electron chi connectivity index (χ3n) is 9.60. The Morgan fingerprint density at radius 1 is 0.870 bits per heavy atom. The number of quaternary nitrogens is 1. The van der Waals surface area contributed by atoms with Gasteiger partial charge in [0.15, 0.2) is 0 Å². The minimum atomic E-state index is 0.577. The van der Waals surface area contributed by atoms with E-state index in [9.17, 15) is 0 Å². The molecule has 0 saturated carbocycles. The van der Waals surface area contributed by atoms with Crippen molar-refractivity contribution in [3.8, 4) is 31.4 Å². The number of thioether (sulfide) groups is 1. The van der Waals surface area contributed by atoms with Crippen molar-refractivity contribution in [2.75, 3.05) is 84.3 Å². The summed E-state index contributed by atoms with van der Waals surface area (Å²) >= 11 is 2.12. The predicted octanol–water partition coefficient (Wildman–Crippen LogP) is 7.87. The largest absolute Gasteiger partial charge is 0.493 e. The van der Waals surface area contributed by atoms with E-state index in [4.69, 9.17) is 9.84 Å². The Balaban J connectivity index is 0.000000400. The molecule has 256 valence electrons. The molecule has 0 radical (unpaired) electrons. The second kappa shape index (κ2) is 23.7. The standard InChI is InChI=1S/C20H33NS.C15H23N2O.2C2H2.CH4O/c1-5-7-12-20(13-8-6-2)14-11-17-15-18(21(3)4)9-10-19(17)22-16-20;1-2-5-15(6-3-1)18-14-4-10-17-11-7-16(8-12-17)9-13-17;3*1-2/h9-10,15H,5-8,11-14,16H2,1-4H3;1-3,5-6H,4,7-14H2;2*1-2H;2H,1H3/q;+1;;;. The van der Waals surface area contributed by atoms with E-state index in [0.717, 1.165) is 19.5 Å². The number of aryl methyl sites for hydroxylation is 1. The van der Waals surface area contributed by atoms with E-state index in [1.54, 1.807) is 5.56 Å². The van der Waals surface area contributed by atoms with E-state index in [1.165, 1.54) is 124 Å². The first-order valence-electron chi connectivity index (χ1n) is 17.3. The number of hydrogen-bond acceptors (Lipinski definition) is 5. The highest BCUT2D eigenvalue weighted by Gasteiger charge is 2.37. The van der Waals surface area contributed by atoms with Gasteiger partial charge >= 0.3 is 0 Å². The van der Waals surface area contributed by atoms with Gasteiger partial charge in [0.05, 0.1) is 32.8 Å². The van der Waals surface area contributed by atoms with Crippen molar-refractivity contribution in [2.24, 2.45) is 5.41 Å². The summed E-state index contributed by atoms with van der Waals surface area (Å²) in [6, 6.07) is 17.2. The van der Waals surface area contributed by atoms with Crippen molar-refractivity contribution in [3.63, 3.8) is 0 Å². The van der Waals surface area contributed by atoms with Crippen LogP contribution < -0.4 is 9.64 Å². The van der Waals surface area contributed by atoms with Crippen LogP contribution in [0, 0.1) is 31.1 Å². The predicted molar refractivity (Wildman–Crippen MR) is 202 cm³/mol. The lowest BCUT2D eigenvalue weighted by Crippen LogP contribution is -2.67. The van der Waals surface area contributed by atoms with Crippen LogP contribution >= 0.6 is 11.8 Å². The third kappa shape index (κ3) is 13.6. The summed E-state index contributed by atoms with van der Waals surface area (Å²) in [5, 5.41) is 7.00. The molecule has 0 spiro atoms. The van der Waals surface area contributed by atoms with Crippen LogP contribution in [0.25, 0.3) is 0 Å². The van der Waals surface area contributed by atoms with E-state index >= 15 is 0 Å². The number of nitrogens with zero attached hydrogens (tertiary/aromatic N) is 3. The maximum absolute atomic E-state index is 7.00. The summed E-state index contributed by atoms with van der Waals surface area (Å²) in [5.41, 5.74) is 3.49. The number of para-hydroxylation sites is 1. The van der Waals surface area contributed by atoms with E-state index in [-0.39, 0.29) is 0 Å². The number of ether oxygens (including phenoxy) is 1. The summed E-state index contributed by atoms with van der Waals surface area (Å²) in [4.78, 5) is 6.35. The van der Waals surface area contributed by atoms with Crippen molar-refractivity contribution in [2.45, 2.75) is 76.5 Å². The number of hydrogen-bond donors (Lipinski definition) is 1. The van der Waals surface area contributed by atoms with Crippen LogP contribution in [0.4, 0.5) is 5.69 Å². The van der Waals surface area contributed by atoms with Crippen LogP contribution in [0.15, 0.2) is 53.4 Å². The summed E-state index contributed by atoms with van der Waals surface area (Å²) in [6.45, 7) is 14.8. The molecule has 5 nitrogen and oxygen atoms in total. The maximum Gasteiger partial charge on any atom is 0.119 e. The number of fused-ring (bicyclic) bond motifs is 4. The van der Waals surface area contributed by atoms with Crippen LogP contribution in [0.5, 0.6) is 5.75 Å². The van der Waals surface area contributed by atoms with Crippen LogP contribution in [-0.4, -0.2) is 93.9 Å². The van der Waals surface area contributed by atoms with Crippen LogP contribution in [0.3, 0.4) is 0 Å². The average molecular weight is 651 g/mol. The third-order valence-corrected chi connectivity index (χ3v) is 11.1. The number of piperazine rings is 3. The van der Waals surface area contributed by atoms with Gasteiger partial charge in [0.2, 0.25) is 0 Å². The van der Waals surface area contributed by atoms with Gasteiger partial charge in [-0.2, -0.15) is 0 Å². The van der Waals surface area contributed by atoms with E-state index < -0.39 is 0 Å². The first kappa shape index (κ1) is 41.4. The molecule has 0 aliphatic carbocycles. The Morgan fingerprint density at radius 3 is 2.00 bits per heavy atom. The summed E-state index contributed by atoms with van der Waals surface area (Å²) in [6.07, 6.45) is 28.1. The Bertz CT molecular complexity index is 1070. The lowest BCUT2D eigenvalue weighted by atomic mass is 9.75. The van der Waals surface area contributed by atoms with Crippen molar-refractivity contribution in [1.82, 2.24) is 4.90 Å². The molecule has 46 heavy (non-hydrogen) atoms. The van der Waals surface area contributed by atoms with Gasteiger partial charge in [-0.25, -0.2) is 0 Å². The van der Waals surface area contributed by atoms with Gasteiger partial charge in [0, 0.05) is 63.6 Å². The van der Waals surface area contributed by atoms with E-state index in [0.29, 0.717) is 5.41 Å². The SMILES string of the molecule is C#C.C#C.CCCCC1(CCCC)CCc2cc(N(C)C)ccc2SC1.CO.c1ccc(OCCC[N+]23CCN(CC2)CC3)cc1. The van der Waals surface area contributed by atoms with Crippen molar-refractivity contribution in [1.29, 1.82) is 0 Å². The highest BCUT2D eigenvalue weighted by Crippen LogP contribution is 2.45. The van der Waals surface area contributed by atoms with Gasteiger partial charge in [0.25, 0.3) is 0 Å². The van der Waals surface area contributed by atoms with Gasteiger partial charge < -0.3 is 19.2 Å².